The Balaban J connectivity index is 2.64. The van der Waals surface area contributed by atoms with Gasteiger partial charge in [-0.1, -0.05) is 53.7 Å². The molecular formula is C21H42O3Si. The lowest BCUT2D eigenvalue weighted by Crippen LogP contribution is -2.41. The van der Waals surface area contributed by atoms with E-state index in [4.69, 9.17) is 13.9 Å². The summed E-state index contributed by atoms with van der Waals surface area (Å²) in [6.45, 7) is 22.9. The predicted molar refractivity (Wildman–Crippen MR) is 109 cm³/mol. The van der Waals surface area contributed by atoms with Crippen molar-refractivity contribution in [1.82, 2.24) is 0 Å². The van der Waals surface area contributed by atoms with Gasteiger partial charge in [-0.15, -0.1) is 0 Å². The third kappa shape index (κ3) is 7.16. The van der Waals surface area contributed by atoms with E-state index in [2.05, 4.69) is 66.8 Å². The van der Waals surface area contributed by atoms with Crippen molar-refractivity contribution in [2.75, 3.05) is 6.61 Å². The van der Waals surface area contributed by atoms with E-state index in [1.54, 1.807) is 0 Å². The Bertz CT molecular complexity index is 435. The maximum Gasteiger partial charge on any atom is 0.191 e. The fourth-order valence-corrected chi connectivity index (χ4v) is 3.91. The van der Waals surface area contributed by atoms with Gasteiger partial charge in [0.05, 0.1) is 12.2 Å². The Hall–Kier alpha value is -0.163. The van der Waals surface area contributed by atoms with Gasteiger partial charge in [0.2, 0.25) is 0 Å². The molecule has 25 heavy (non-hydrogen) atoms. The molecule has 1 fully saturated rings. The van der Waals surface area contributed by atoms with Crippen LogP contribution in [0, 0.1) is 11.8 Å². The van der Waals surface area contributed by atoms with Gasteiger partial charge in [0.1, 0.15) is 0 Å². The van der Waals surface area contributed by atoms with Crippen LogP contribution in [0.2, 0.25) is 18.1 Å². The SMILES string of the molecule is CC(C)C/C=C\C(C)[C@H]1OC(C)(C)O[C@H]1CCO[Si](C)(C)C(C)(C)C. The molecule has 0 aromatic heterocycles. The Morgan fingerprint density at radius 2 is 1.72 bits per heavy atom. The zero-order chi connectivity index (χ0) is 19.5. The van der Waals surface area contributed by atoms with Crippen LogP contribution in [0.25, 0.3) is 0 Å². The van der Waals surface area contributed by atoms with E-state index in [-0.39, 0.29) is 17.2 Å². The summed E-state index contributed by atoms with van der Waals surface area (Å²) in [6, 6.07) is 0. The number of hydrogen-bond donors (Lipinski definition) is 0. The lowest BCUT2D eigenvalue weighted by Gasteiger charge is -2.36. The first-order chi connectivity index (χ1) is 11.3. The maximum absolute atomic E-state index is 6.35. The van der Waals surface area contributed by atoms with Crippen molar-refractivity contribution < 1.29 is 13.9 Å². The van der Waals surface area contributed by atoms with Crippen LogP contribution in [-0.4, -0.2) is 32.9 Å². The average molecular weight is 371 g/mol. The van der Waals surface area contributed by atoms with Crippen molar-refractivity contribution in [2.45, 2.75) is 104 Å². The molecule has 1 rings (SSSR count). The van der Waals surface area contributed by atoms with E-state index < -0.39 is 14.1 Å². The highest BCUT2D eigenvalue weighted by Gasteiger charge is 2.43. The highest BCUT2D eigenvalue weighted by Crippen LogP contribution is 2.38. The predicted octanol–water partition coefficient (Wildman–Crippen LogP) is 6.16. The van der Waals surface area contributed by atoms with Gasteiger partial charge < -0.3 is 13.9 Å². The summed E-state index contributed by atoms with van der Waals surface area (Å²) >= 11 is 0. The van der Waals surface area contributed by atoms with E-state index in [0.29, 0.717) is 11.8 Å². The molecule has 3 nitrogen and oxygen atoms in total. The van der Waals surface area contributed by atoms with Gasteiger partial charge >= 0.3 is 0 Å². The summed E-state index contributed by atoms with van der Waals surface area (Å²) in [6.07, 6.45) is 6.77. The molecule has 1 aliphatic heterocycles. The molecule has 0 saturated carbocycles. The first kappa shape index (κ1) is 22.9. The highest BCUT2D eigenvalue weighted by atomic mass is 28.4. The Kier molecular flexibility index (Phi) is 7.95. The second-order valence-corrected chi connectivity index (χ2v) is 14.8. The number of hydrogen-bond acceptors (Lipinski definition) is 3. The van der Waals surface area contributed by atoms with Crippen LogP contribution in [0.5, 0.6) is 0 Å². The van der Waals surface area contributed by atoms with Crippen molar-refractivity contribution in [1.29, 1.82) is 0 Å². The second kappa shape index (κ2) is 8.68. The molecule has 1 aliphatic rings. The quantitative estimate of drug-likeness (QED) is 0.378. The molecule has 4 heteroatoms. The molecule has 0 aromatic carbocycles. The van der Waals surface area contributed by atoms with E-state index in [0.717, 1.165) is 19.4 Å². The molecule has 1 heterocycles. The molecule has 1 saturated heterocycles. The Labute approximate surface area is 157 Å². The fourth-order valence-electron chi connectivity index (χ4n) is 2.85. The van der Waals surface area contributed by atoms with Crippen molar-refractivity contribution in [2.24, 2.45) is 11.8 Å². The number of allylic oxidation sites excluding steroid dienone is 1. The van der Waals surface area contributed by atoms with Crippen molar-refractivity contribution >= 4 is 8.32 Å². The summed E-state index contributed by atoms with van der Waals surface area (Å²) in [5.74, 6) is 0.528. The van der Waals surface area contributed by atoms with Gasteiger partial charge in [-0.25, -0.2) is 0 Å². The first-order valence-corrected chi connectivity index (χ1v) is 12.8. The smallest absolute Gasteiger partial charge is 0.191 e. The van der Waals surface area contributed by atoms with Crippen LogP contribution in [0.15, 0.2) is 12.2 Å². The van der Waals surface area contributed by atoms with Gasteiger partial charge in [-0.2, -0.15) is 0 Å². The maximum atomic E-state index is 6.35. The molecule has 0 spiro atoms. The molecule has 0 aliphatic carbocycles. The van der Waals surface area contributed by atoms with Crippen LogP contribution in [0.4, 0.5) is 0 Å². The molecule has 0 bridgehead atoms. The molecule has 0 N–H and O–H groups in total. The monoisotopic (exact) mass is 370 g/mol. The Morgan fingerprint density at radius 3 is 2.24 bits per heavy atom. The third-order valence-electron chi connectivity index (χ3n) is 5.46. The van der Waals surface area contributed by atoms with Gasteiger partial charge in [0.15, 0.2) is 14.1 Å². The highest BCUT2D eigenvalue weighted by molar-refractivity contribution is 6.74. The van der Waals surface area contributed by atoms with Crippen molar-refractivity contribution in [3.05, 3.63) is 12.2 Å². The van der Waals surface area contributed by atoms with Crippen LogP contribution < -0.4 is 0 Å². The van der Waals surface area contributed by atoms with E-state index in [1.807, 2.05) is 13.8 Å². The minimum absolute atomic E-state index is 0.0958. The zero-order valence-corrected chi connectivity index (χ0v) is 19.3. The third-order valence-corrected chi connectivity index (χ3v) is 10.00. The van der Waals surface area contributed by atoms with Crippen LogP contribution in [-0.2, 0) is 13.9 Å². The van der Waals surface area contributed by atoms with E-state index in [9.17, 15) is 0 Å². The molecule has 0 amide bonds. The first-order valence-electron chi connectivity index (χ1n) is 9.91. The van der Waals surface area contributed by atoms with Crippen LogP contribution in [0.1, 0.15) is 68.2 Å². The van der Waals surface area contributed by atoms with E-state index >= 15 is 0 Å². The molecular weight excluding hydrogens is 328 g/mol. The standard InChI is InChI=1S/C21H42O3Si/c1-16(2)12-11-13-17(3)19-18(23-21(7,8)24-19)14-15-22-25(9,10)20(4,5)6/h11,13,16-19H,12,14-15H2,1-10H3/b13-11-/t17?,18-,19+/m0/s1. The summed E-state index contributed by atoms with van der Waals surface area (Å²) in [5, 5.41) is 0.242. The fraction of sp³-hybridized carbons (Fsp3) is 0.905. The topological polar surface area (TPSA) is 27.7 Å². The summed E-state index contributed by atoms with van der Waals surface area (Å²) in [7, 11) is -1.71. The average Bonchev–Trinajstić information content (AvgIpc) is 2.72. The Morgan fingerprint density at radius 1 is 1.12 bits per heavy atom. The summed E-state index contributed by atoms with van der Waals surface area (Å²) in [5.41, 5.74) is 0. The lowest BCUT2D eigenvalue weighted by molar-refractivity contribution is -0.149. The summed E-state index contributed by atoms with van der Waals surface area (Å²) in [4.78, 5) is 0. The van der Waals surface area contributed by atoms with Crippen LogP contribution in [0.3, 0.4) is 0 Å². The number of ether oxygens (including phenoxy) is 2. The van der Waals surface area contributed by atoms with Gasteiger partial charge in [0, 0.05) is 12.5 Å². The molecule has 0 radical (unpaired) electrons. The summed E-state index contributed by atoms with van der Waals surface area (Å²) < 4.78 is 18.8. The van der Waals surface area contributed by atoms with E-state index in [1.165, 1.54) is 0 Å². The largest absolute Gasteiger partial charge is 0.417 e. The van der Waals surface area contributed by atoms with Crippen LogP contribution >= 0.6 is 0 Å². The van der Waals surface area contributed by atoms with Crippen molar-refractivity contribution in [3.8, 4) is 0 Å². The normalized spacial score (nSPS) is 25.9. The molecule has 148 valence electrons. The minimum Gasteiger partial charge on any atom is -0.417 e. The lowest BCUT2D eigenvalue weighted by atomic mass is 9.96. The minimum atomic E-state index is -1.71. The van der Waals surface area contributed by atoms with Gasteiger partial charge in [-0.3, -0.25) is 0 Å². The van der Waals surface area contributed by atoms with Gasteiger partial charge in [-0.05, 0) is 50.7 Å². The zero-order valence-electron chi connectivity index (χ0n) is 18.3. The molecule has 3 atom stereocenters. The van der Waals surface area contributed by atoms with Gasteiger partial charge in [0.25, 0.3) is 0 Å². The molecule has 1 unspecified atom stereocenters. The number of rotatable bonds is 8. The second-order valence-electron chi connectivity index (χ2n) is 9.95. The molecule has 0 aromatic rings. The van der Waals surface area contributed by atoms with Crippen molar-refractivity contribution in [3.63, 3.8) is 0 Å².